The molecule has 5 aliphatic rings. The van der Waals surface area contributed by atoms with Gasteiger partial charge in [-0.25, -0.2) is 0 Å². The summed E-state index contributed by atoms with van der Waals surface area (Å²) in [5.41, 5.74) is 18.2. The Morgan fingerprint density at radius 3 is 2.24 bits per heavy atom. The Balaban J connectivity index is 0.941. The molecule has 1 aliphatic heterocycles. The van der Waals surface area contributed by atoms with E-state index in [2.05, 4.69) is 159 Å². The molecule has 3 heteroatoms. The van der Waals surface area contributed by atoms with Crippen LogP contribution in [0.3, 0.4) is 0 Å². The SMILES string of the molecule is CC1(C)c2ccccc2C2CC3C(=CC21)c1c(-c2ccc(C4=CC(c5ccc6c(c5)oc5ccccc56)=NC(c5ccccc5)N4)cc2)cccc1C31CCCCC1. The van der Waals surface area contributed by atoms with Crippen molar-refractivity contribution in [3.8, 4) is 11.1 Å². The van der Waals surface area contributed by atoms with Crippen LogP contribution < -0.4 is 5.32 Å². The van der Waals surface area contributed by atoms with E-state index in [1.807, 2.05) is 12.1 Å². The molecule has 0 bridgehead atoms. The van der Waals surface area contributed by atoms with Gasteiger partial charge in [0.15, 0.2) is 0 Å². The van der Waals surface area contributed by atoms with Crippen LogP contribution in [0.4, 0.5) is 0 Å². The van der Waals surface area contributed by atoms with E-state index in [1.165, 1.54) is 49.7 Å². The van der Waals surface area contributed by atoms with Crippen molar-refractivity contribution in [2.24, 2.45) is 16.8 Å². The fourth-order valence-electron chi connectivity index (χ4n) is 12.2. The molecule has 284 valence electrons. The van der Waals surface area contributed by atoms with Crippen LogP contribution in [0.2, 0.25) is 0 Å². The summed E-state index contributed by atoms with van der Waals surface area (Å²) in [6.45, 7) is 4.99. The largest absolute Gasteiger partial charge is 0.456 e. The molecule has 0 saturated heterocycles. The van der Waals surface area contributed by atoms with E-state index in [1.54, 1.807) is 27.8 Å². The molecule has 4 unspecified atom stereocenters. The normalized spacial score (nSPS) is 23.7. The van der Waals surface area contributed by atoms with Gasteiger partial charge in [0.25, 0.3) is 0 Å². The van der Waals surface area contributed by atoms with Gasteiger partial charge in [0, 0.05) is 27.4 Å². The molecule has 2 heterocycles. The number of rotatable bonds is 4. The summed E-state index contributed by atoms with van der Waals surface area (Å²) in [6, 6.07) is 51.3. The quantitative estimate of drug-likeness (QED) is 0.194. The van der Waals surface area contributed by atoms with Crippen LogP contribution in [0.5, 0.6) is 0 Å². The molecule has 7 aromatic rings. The van der Waals surface area contributed by atoms with E-state index in [9.17, 15) is 0 Å². The molecule has 3 nitrogen and oxygen atoms in total. The number of fused-ring (bicyclic) bond motifs is 11. The van der Waals surface area contributed by atoms with Crippen LogP contribution in [-0.4, -0.2) is 5.71 Å². The van der Waals surface area contributed by atoms with E-state index >= 15 is 0 Å². The lowest BCUT2D eigenvalue weighted by atomic mass is 9.59. The lowest BCUT2D eigenvalue weighted by Gasteiger charge is -2.44. The summed E-state index contributed by atoms with van der Waals surface area (Å²) in [5, 5.41) is 6.07. The Hall–Kier alpha value is -5.93. The minimum Gasteiger partial charge on any atom is -0.456 e. The predicted octanol–water partition coefficient (Wildman–Crippen LogP) is 13.7. The Bertz CT molecular complexity index is 2860. The third-order valence-electron chi connectivity index (χ3n) is 15.0. The van der Waals surface area contributed by atoms with Crippen molar-refractivity contribution in [1.29, 1.82) is 0 Å². The molecule has 4 atom stereocenters. The molecule has 6 aromatic carbocycles. The Morgan fingerprint density at radius 2 is 1.38 bits per heavy atom. The topological polar surface area (TPSA) is 37.5 Å². The first-order chi connectivity index (χ1) is 28.5. The monoisotopic (exact) mass is 752 g/mol. The highest BCUT2D eigenvalue weighted by molar-refractivity contribution is 6.15. The lowest BCUT2D eigenvalue weighted by Crippen LogP contribution is -2.37. The van der Waals surface area contributed by atoms with E-state index in [0.29, 0.717) is 17.8 Å². The molecule has 1 aromatic heterocycles. The number of nitrogens with one attached hydrogen (secondary N) is 1. The minimum atomic E-state index is -0.212. The van der Waals surface area contributed by atoms with Crippen molar-refractivity contribution in [1.82, 2.24) is 5.32 Å². The molecule has 1 spiro atoms. The summed E-state index contributed by atoms with van der Waals surface area (Å²) in [6.07, 6.45) is 12.7. The van der Waals surface area contributed by atoms with Crippen molar-refractivity contribution in [3.05, 3.63) is 191 Å². The van der Waals surface area contributed by atoms with Gasteiger partial charge < -0.3 is 9.73 Å². The van der Waals surface area contributed by atoms with Crippen LogP contribution >= 0.6 is 0 Å². The number of hydrogen-bond donors (Lipinski definition) is 1. The second kappa shape index (κ2) is 12.8. The molecule has 1 N–H and O–H groups in total. The van der Waals surface area contributed by atoms with Crippen LogP contribution in [-0.2, 0) is 10.8 Å². The zero-order chi connectivity index (χ0) is 38.6. The molecule has 0 radical (unpaired) electrons. The molecule has 12 rings (SSSR count). The highest BCUT2D eigenvalue weighted by Crippen LogP contribution is 2.67. The molecular weight excluding hydrogens is 705 g/mol. The number of para-hydroxylation sites is 1. The highest BCUT2D eigenvalue weighted by Gasteiger charge is 2.56. The van der Waals surface area contributed by atoms with Crippen molar-refractivity contribution in [3.63, 3.8) is 0 Å². The summed E-state index contributed by atoms with van der Waals surface area (Å²) >= 11 is 0. The van der Waals surface area contributed by atoms with Crippen molar-refractivity contribution >= 4 is 38.9 Å². The molecular formula is C55H48N2O. The average Bonchev–Trinajstić information content (AvgIpc) is 3.86. The van der Waals surface area contributed by atoms with Gasteiger partial charge in [-0.2, -0.15) is 0 Å². The van der Waals surface area contributed by atoms with Gasteiger partial charge in [-0.1, -0.05) is 161 Å². The smallest absolute Gasteiger partial charge is 0.145 e. The maximum absolute atomic E-state index is 6.31. The molecule has 58 heavy (non-hydrogen) atoms. The molecule has 1 saturated carbocycles. The van der Waals surface area contributed by atoms with Gasteiger partial charge in [0.1, 0.15) is 17.3 Å². The van der Waals surface area contributed by atoms with Gasteiger partial charge in [-0.05, 0) is 117 Å². The summed E-state index contributed by atoms with van der Waals surface area (Å²) < 4.78 is 6.31. The summed E-state index contributed by atoms with van der Waals surface area (Å²) in [5.74, 6) is 1.69. The first kappa shape index (κ1) is 34.1. The van der Waals surface area contributed by atoms with E-state index < -0.39 is 0 Å². The zero-order valence-corrected chi connectivity index (χ0v) is 33.3. The number of hydrogen-bond acceptors (Lipinski definition) is 3. The van der Waals surface area contributed by atoms with Crippen molar-refractivity contribution < 1.29 is 4.42 Å². The van der Waals surface area contributed by atoms with Crippen LogP contribution in [0.1, 0.15) is 103 Å². The van der Waals surface area contributed by atoms with Gasteiger partial charge in [0.05, 0.1) is 5.71 Å². The fourth-order valence-corrected chi connectivity index (χ4v) is 12.2. The third-order valence-corrected chi connectivity index (χ3v) is 15.0. The first-order valence-electron chi connectivity index (χ1n) is 21.5. The number of benzene rings is 6. The van der Waals surface area contributed by atoms with E-state index in [0.717, 1.165) is 50.0 Å². The first-order valence-corrected chi connectivity index (χ1v) is 21.5. The fraction of sp³-hybridized carbons (Fsp3) is 0.255. The zero-order valence-electron chi connectivity index (χ0n) is 33.3. The van der Waals surface area contributed by atoms with Crippen LogP contribution in [0.25, 0.3) is 44.3 Å². The second-order valence-corrected chi connectivity index (χ2v) is 18.2. The Kier molecular flexibility index (Phi) is 7.53. The van der Waals surface area contributed by atoms with Crippen LogP contribution in [0.15, 0.2) is 161 Å². The van der Waals surface area contributed by atoms with Crippen molar-refractivity contribution in [2.45, 2.75) is 75.3 Å². The maximum atomic E-state index is 6.31. The summed E-state index contributed by atoms with van der Waals surface area (Å²) in [7, 11) is 0. The third kappa shape index (κ3) is 5.01. The van der Waals surface area contributed by atoms with Crippen LogP contribution in [0, 0.1) is 11.8 Å². The summed E-state index contributed by atoms with van der Waals surface area (Å²) in [4.78, 5) is 5.27. The second-order valence-electron chi connectivity index (χ2n) is 18.2. The minimum absolute atomic E-state index is 0.122. The van der Waals surface area contributed by atoms with Gasteiger partial charge in [-0.15, -0.1) is 0 Å². The Labute approximate surface area is 341 Å². The predicted molar refractivity (Wildman–Crippen MR) is 239 cm³/mol. The molecule has 0 amide bonds. The number of nitrogens with zero attached hydrogens (tertiary/aromatic N) is 1. The number of furan rings is 1. The van der Waals surface area contributed by atoms with E-state index in [4.69, 9.17) is 9.41 Å². The number of aliphatic imine (C=N–C) groups is 1. The molecule has 4 aliphatic carbocycles. The van der Waals surface area contributed by atoms with Gasteiger partial charge >= 0.3 is 0 Å². The lowest BCUT2D eigenvalue weighted by molar-refractivity contribution is 0.203. The maximum Gasteiger partial charge on any atom is 0.145 e. The average molecular weight is 753 g/mol. The standard InChI is InChI=1S/C55H48N2O/c1-54(2)44-19-9-7-16-39(44)42-31-47-43(32-46(42)54)52-38(18-13-20-45(52)55(47)28-11-4-12-29-55)34-22-24-35(25-23-34)48-33-49(57-53(56-48)36-14-5-3-6-15-36)37-26-27-41-40-17-8-10-21-50(40)58-51(41)30-37/h3,5-10,13-27,30,32-33,42,46-47,53,56H,4,11-12,28-29,31H2,1-2H3. The molecule has 1 fully saturated rings. The van der Waals surface area contributed by atoms with E-state index in [-0.39, 0.29) is 17.0 Å². The highest BCUT2D eigenvalue weighted by atomic mass is 16.3. The van der Waals surface area contributed by atoms with Crippen molar-refractivity contribution in [2.75, 3.05) is 0 Å². The van der Waals surface area contributed by atoms with Gasteiger partial charge in [-0.3, -0.25) is 4.99 Å². The van der Waals surface area contributed by atoms with Gasteiger partial charge in [0.2, 0.25) is 0 Å². The Morgan fingerprint density at radius 1 is 0.655 bits per heavy atom. The number of allylic oxidation sites excluding steroid dienone is 3.